The molecule has 8 heteroatoms. The predicted octanol–water partition coefficient (Wildman–Crippen LogP) is 3.44. The van der Waals surface area contributed by atoms with Crippen LogP contribution in [-0.2, 0) is 4.79 Å². The van der Waals surface area contributed by atoms with Crippen LogP contribution in [0.3, 0.4) is 0 Å². The third kappa shape index (κ3) is 4.22. The van der Waals surface area contributed by atoms with Crippen molar-refractivity contribution >= 4 is 39.4 Å². The number of imidazole rings is 1. The Kier molecular flexibility index (Phi) is 5.16. The zero-order valence-corrected chi connectivity index (χ0v) is 17.4. The molecule has 0 aliphatic rings. The molecule has 0 aliphatic carbocycles. The maximum absolute atomic E-state index is 13.0. The van der Waals surface area contributed by atoms with Gasteiger partial charge in [0, 0.05) is 16.6 Å². The van der Waals surface area contributed by atoms with Gasteiger partial charge in [0.1, 0.15) is 0 Å². The van der Waals surface area contributed by atoms with Gasteiger partial charge < -0.3 is 20.6 Å². The van der Waals surface area contributed by atoms with Crippen LogP contribution in [0.4, 0.5) is 5.69 Å². The molecule has 5 rings (SSSR count). The fraction of sp³-hybridized carbons (Fsp3) is 0.0400. The molecular weight excluding hydrogens is 418 g/mol. The topological polar surface area (TPSA) is 120 Å². The number of nitrogens with zero attached hydrogens (tertiary/aromatic N) is 1. The van der Waals surface area contributed by atoms with Crippen molar-refractivity contribution in [1.29, 1.82) is 0 Å². The van der Waals surface area contributed by atoms with Crippen LogP contribution in [0, 0.1) is 0 Å². The number of carbonyl (C=O) groups excluding carboxylic acids is 2. The number of hydrogen-bond acceptors (Lipinski definition) is 4. The highest BCUT2D eigenvalue weighted by molar-refractivity contribution is 6.08. The quantitative estimate of drug-likeness (QED) is 0.337. The highest BCUT2D eigenvalue weighted by atomic mass is 16.2. The molecule has 0 atom stereocenters. The Bertz CT molecular complexity index is 1550. The summed E-state index contributed by atoms with van der Waals surface area (Å²) in [6, 6.07) is 23.8. The van der Waals surface area contributed by atoms with Crippen molar-refractivity contribution in [2.75, 3.05) is 11.9 Å². The van der Waals surface area contributed by atoms with Gasteiger partial charge in [0.2, 0.25) is 5.91 Å². The molecule has 0 bridgehead atoms. The molecule has 2 heterocycles. The van der Waals surface area contributed by atoms with E-state index < -0.39 is 0 Å². The minimum Gasteiger partial charge on any atom is -0.343 e. The molecule has 2 aromatic heterocycles. The van der Waals surface area contributed by atoms with Gasteiger partial charge in [-0.1, -0.05) is 48.5 Å². The molecule has 0 radical (unpaired) electrons. The number of para-hydroxylation sites is 1. The summed E-state index contributed by atoms with van der Waals surface area (Å²) >= 11 is 0. The lowest BCUT2D eigenvalue weighted by Gasteiger charge is -2.11. The maximum atomic E-state index is 13.0. The summed E-state index contributed by atoms with van der Waals surface area (Å²) in [7, 11) is 0. The highest BCUT2D eigenvalue weighted by Gasteiger charge is 2.15. The summed E-state index contributed by atoms with van der Waals surface area (Å²) in [5.41, 5.74) is 4.13. The molecule has 4 N–H and O–H groups in total. The summed E-state index contributed by atoms with van der Waals surface area (Å²) in [6.45, 7) is -0.210. The van der Waals surface area contributed by atoms with E-state index in [0.29, 0.717) is 38.9 Å². The smallest absolute Gasteiger partial charge is 0.323 e. The van der Waals surface area contributed by atoms with Crippen LogP contribution in [0.25, 0.3) is 33.2 Å². The largest absolute Gasteiger partial charge is 0.343 e. The van der Waals surface area contributed by atoms with E-state index in [9.17, 15) is 14.4 Å². The monoisotopic (exact) mass is 437 g/mol. The third-order valence-corrected chi connectivity index (χ3v) is 5.24. The van der Waals surface area contributed by atoms with Gasteiger partial charge in [-0.3, -0.25) is 9.59 Å². The fourth-order valence-electron chi connectivity index (χ4n) is 3.69. The zero-order valence-electron chi connectivity index (χ0n) is 17.4. The first kappa shape index (κ1) is 20.2. The van der Waals surface area contributed by atoms with E-state index in [-0.39, 0.29) is 24.0 Å². The Morgan fingerprint density at radius 2 is 1.61 bits per heavy atom. The van der Waals surface area contributed by atoms with E-state index in [4.69, 9.17) is 0 Å². The molecule has 33 heavy (non-hydrogen) atoms. The normalized spacial score (nSPS) is 10.9. The van der Waals surface area contributed by atoms with Crippen LogP contribution in [0.5, 0.6) is 0 Å². The Hall–Kier alpha value is -4.72. The molecule has 162 valence electrons. The number of H-pyrrole nitrogens is 2. The first-order valence-electron chi connectivity index (χ1n) is 10.3. The van der Waals surface area contributed by atoms with Gasteiger partial charge in [-0.05, 0) is 30.3 Å². The molecule has 8 nitrogen and oxygen atoms in total. The Morgan fingerprint density at radius 3 is 2.45 bits per heavy atom. The van der Waals surface area contributed by atoms with Gasteiger partial charge in [-0.2, -0.15) is 0 Å². The number of aromatic nitrogens is 3. The number of nitrogens with one attached hydrogen (secondary N) is 4. The summed E-state index contributed by atoms with van der Waals surface area (Å²) in [4.78, 5) is 46.8. The molecule has 5 aromatic rings. The molecule has 0 fully saturated rings. The van der Waals surface area contributed by atoms with Gasteiger partial charge in [-0.25, -0.2) is 9.78 Å². The second-order valence-corrected chi connectivity index (χ2v) is 7.51. The van der Waals surface area contributed by atoms with Gasteiger partial charge in [0.05, 0.1) is 34.4 Å². The van der Waals surface area contributed by atoms with E-state index in [1.165, 1.54) is 0 Å². The standard InChI is InChI=1S/C25H19N5O3/c31-23(27-16-10-11-20-22(12-16)30-25(33)29-20)14-26-24(32)18-13-21(15-6-2-1-3-7-15)28-19-9-5-4-8-17(18)19/h1-13H,14H2,(H,26,32)(H,27,31)(H2,29,30,33). The van der Waals surface area contributed by atoms with Crippen LogP contribution < -0.4 is 16.3 Å². The predicted molar refractivity (Wildman–Crippen MR) is 127 cm³/mol. The number of carbonyl (C=O) groups is 2. The van der Waals surface area contributed by atoms with Crippen LogP contribution in [0.15, 0.2) is 83.7 Å². The minimum absolute atomic E-state index is 0.210. The van der Waals surface area contributed by atoms with E-state index >= 15 is 0 Å². The van der Waals surface area contributed by atoms with Crippen LogP contribution in [0.1, 0.15) is 10.4 Å². The first-order valence-corrected chi connectivity index (χ1v) is 10.3. The Morgan fingerprint density at radius 1 is 0.848 bits per heavy atom. The van der Waals surface area contributed by atoms with Gasteiger partial charge in [0.25, 0.3) is 5.91 Å². The van der Waals surface area contributed by atoms with Crippen molar-refractivity contribution < 1.29 is 9.59 Å². The van der Waals surface area contributed by atoms with E-state index in [1.807, 2.05) is 54.6 Å². The van der Waals surface area contributed by atoms with E-state index in [1.54, 1.807) is 24.3 Å². The number of fused-ring (bicyclic) bond motifs is 2. The number of pyridine rings is 1. The third-order valence-electron chi connectivity index (χ3n) is 5.24. The van der Waals surface area contributed by atoms with E-state index in [2.05, 4.69) is 25.6 Å². The Balaban J connectivity index is 1.35. The Labute approximate surface area is 187 Å². The van der Waals surface area contributed by atoms with Crippen molar-refractivity contribution in [2.45, 2.75) is 0 Å². The van der Waals surface area contributed by atoms with Gasteiger partial charge >= 0.3 is 5.69 Å². The average molecular weight is 437 g/mol. The summed E-state index contributed by atoms with van der Waals surface area (Å²) in [5, 5.41) is 6.12. The van der Waals surface area contributed by atoms with Crippen molar-refractivity contribution in [3.05, 3.63) is 94.9 Å². The summed E-state index contributed by atoms with van der Waals surface area (Å²) in [5.74, 6) is -0.756. The molecule has 0 aliphatic heterocycles. The van der Waals surface area contributed by atoms with Crippen LogP contribution >= 0.6 is 0 Å². The summed E-state index contributed by atoms with van der Waals surface area (Å²) in [6.07, 6.45) is 0. The minimum atomic E-state index is -0.387. The lowest BCUT2D eigenvalue weighted by atomic mass is 10.0. The van der Waals surface area contributed by atoms with Crippen LogP contribution in [0.2, 0.25) is 0 Å². The molecule has 0 saturated heterocycles. The lowest BCUT2D eigenvalue weighted by Crippen LogP contribution is -2.33. The van der Waals surface area contributed by atoms with Gasteiger partial charge in [-0.15, -0.1) is 0 Å². The first-order chi connectivity index (χ1) is 16.1. The fourth-order valence-corrected chi connectivity index (χ4v) is 3.69. The molecule has 2 amide bonds. The van der Waals surface area contributed by atoms with Crippen LogP contribution in [-0.4, -0.2) is 33.3 Å². The highest BCUT2D eigenvalue weighted by Crippen LogP contribution is 2.24. The number of amides is 2. The zero-order chi connectivity index (χ0) is 22.8. The maximum Gasteiger partial charge on any atom is 0.323 e. The van der Waals surface area contributed by atoms with Gasteiger partial charge in [0.15, 0.2) is 0 Å². The van der Waals surface area contributed by atoms with Crippen molar-refractivity contribution in [3.8, 4) is 11.3 Å². The average Bonchev–Trinajstić information content (AvgIpc) is 3.21. The molecule has 3 aromatic carbocycles. The number of rotatable bonds is 5. The lowest BCUT2D eigenvalue weighted by molar-refractivity contribution is -0.115. The van der Waals surface area contributed by atoms with Crippen molar-refractivity contribution in [3.63, 3.8) is 0 Å². The second kappa shape index (κ2) is 8.43. The number of anilines is 1. The second-order valence-electron chi connectivity index (χ2n) is 7.51. The summed E-state index contributed by atoms with van der Waals surface area (Å²) < 4.78 is 0. The number of aromatic amines is 2. The molecule has 0 unspecified atom stereocenters. The number of benzene rings is 3. The van der Waals surface area contributed by atoms with Crippen molar-refractivity contribution in [2.24, 2.45) is 0 Å². The van der Waals surface area contributed by atoms with Crippen molar-refractivity contribution in [1.82, 2.24) is 20.3 Å². The van der Waals surface area contributed by atoms with E-state index in [0.717, 1.165) is 5.56 Å². The molecular formula is C25H19N5O3. The molecule has 0 spiro atoms. The SMILES string of the molecule is O=C(CNC(=O)c1cc(-c2ccccc2)nc2ccccc12)Nc1ccc2[nH]c(=O)[nH]c2c1. The molecule has 0 saturated carbocycles. The number of hydrogen-bond donors (Lipinski definition) is 4.